The van der Waals surface area contributed by atoms with E-state index in [-0.39, 0.29) is 0 Å². The van der Waals surface area contributed by atoms with Gasteiger partial charge in [-0.3, -0.25) is 0 Å². The third-order valence-electron chi connectivity index (χ3n) is 3.34. The molecule has 110 valence electrons. The van der Waals surface area contributed by atoms with Gasteiger partial charge < -0.3 is 14.2 Å². The van der Waals surface area contributed by atoms with Crippen LogP contribution in [0.3, 0.4) is 0 Å². The molecule has 0 N–H and O–H groups in total. The molecule has 0 radical (unpaired) electrons. The molecule has 21 heavy (non-hydrogen) atoms. The molecule has 0 heterocycles. The monoisotopic (exact) mass is 284 g/mol. The minimum Gasteiger partial charge on any atom is -0.497 e. The van der Waals surface area contributed by atoms with Gasteiger partial charge in [-0.15, -0.1) is 0 Å². The van der Waals surface area contributed by atoms with Gasteiger partial charge in [-0.25, -0.2) is 0 Å². The summed E-state index contributed by atoms with van der Waals surface area (Å²) in [5.74, 6) is 2.48. The van der Waals surface area contributed by atoms with Crippen LogP contribution >= 0.6 is 0 Å². The molecule has 2 aromatic carbocycles. The van der Waals surface area contributed by atoms with E-state index in [0.717, 1.165) is 33.9 Å². The molecule has 0 spiro atoms. The maximum Gasteiger partial charge on any atom is 0.126 e. The van der Waals surface area contributed by atoms with Crippen LogP contribution in [0.15, 0.2) is 36.4 Å². The van der Waals surface area contributed by atoms with Crippen molar-refractivity contribution in [2.24, 2.45) is 0 Å². The average Bonchev–Trinajstić information content (AvgIpc) is 2.54. The molecule has 0 aromatic heterocycles. The number of rotatable bonds is 5. The van der Waals surface area contributed by atoms with Crippen molar-refractivity contribution in [1.82, 2.24) is 0 Å². The maximum atomic E-state index is 5.38. The molecule has 0 fully saturated rings. The third kappa shape index (κ3) is 3.57. The zero-order chi connectivity index (χ0) is 15.2. The highest BCUT2D eigenvalue weighted by Crippen LogP contribution is 2.30. The molecule has 0 amide bonds. The van der Waals surface area contributed by atoms with Gasteiger partial charge in [0.2, 0.25) is 0 Å². The van der Waals surface area contributed by atoms with Gasteiger partial charge in [0.05, 0.1) is 21.3 Å². The Kier molecular flexibility index (Phi) is 4.88. The number of ether oxygens (including phenoxy) is 3. The summed E-state index contributed by atoms with van der Waals surface area (Å²) in [7, 11) is 4.99. The number of benzene rings is 2. The quantitative estimate of drug-likeness (QED) is 0.770. The molecule has 2 rings (SSSR count). The summed E-state index contributed by atoms with van der Waals surface area (Å²) in [5, 5.41) is 0. The Balaban J connectivity index is 2.31. The lowest BCUT2D eigenvalue weighted by atomic mass is 10.1. The van der Waals surface area contributed by atoms with E-state index in [2.05, 4.69) is 0 Å². The van der Waals surface area contributed by atoms with Gasteiger partial charge >= 0.3 is 0 Å². The second-order valence-electron chi connectivity index (χ2n) is 4.66. The summed E-state index contributed by atoms with van der Waals surface area (Å²) in [6.07, 6.45) is 4.06. The van der Waals surface area contributed by atoms with Crippen molar-refractivity contribution in [2.75, 3.05) is 21.3 Å². The van der Waals surface area contributed by atoms with Crippen LogP contribution in [0, 0.1) is 6.92 Å². The van der Waals surface area contributed by atoms with E-state index in [0.29, 0.717) is 0 Å². The van der Waals surface area contributed by atoms with E-state index in [9.17, 15) is 0 Å². The SMILES string of the molecule is COc1cccc(/C=C\c2cc(OC)c(C)c(OC)c2)c1. The second-order valence-corrected chi connectivity index (χ2v) is 4.66. The molecular weight excluding hydrogens is 264 g/mol. The van der Waals surface area contributed by atoms with Gasteiger partial charge in [-0.2, -0.15) is 0 Å². The molecule has 2 aromatic rings. The Morgan fingerprint density at radius 1 is 0.762 bits per heavy atom. The molecule has 3 nitrogen and oxygen atoms in total. The molecule has 0 aliphatic rings. The van der Waals surface area contributed by atoms with Crippen LogP contribution in [0.4, 0.5) is 0 Å². The van der Waals surface area contributed by atoms with Crippen LogP contribution in [0.2, 0.25) is 0 Å². The second kappa shape index (κ2) is 6.84. The Hall–Kier alpha value is -2.42. The topological polar surface area (TPSA) is 27.7 Å². The van der Waals surface area contributed by atoms with Crippen LogP contribution < -0.4 is 14.2 Å². The van der Waals surface area contributed by atoms with Crippen LogP contribution in [-0.4, -0.2) is 21.3 Å². The normalized spacial score (nSPS) is 10.7. The van der Waals surface area contributed by atoms with Gasteiger partial charge in [0.15, 0.2) is 0 Å². The lowest BCUT2D eigenvalue weighted by Crippen LogP contribution is -1.93. The molecule has 0 saturated heterocycles. The first kappa shape index (κ1) is 15.0. The average molecular weight is 284 g/mol. The summed E-state index contributed by atoms with van der Waals surface area (Å²) in [4.78, 5) is 0. The molecule has 0 aliphatic heterocycles. The highest BCUT2D eigenvalue weighted by atomic mass is 16.5. The number of methoxy groups -OCH3 is 3. The molecule has 3 heteroatoms. The first-order valence-electron chi connectivity index (χ1n) is 6.72. The van der Waals surface area contributed by atoms with Crippen molar-refractivity contribution in [3.63, 3.8) is 0 Å². The zero-order valence-electron chi connectivity index (χ0n) is 12.8. The van der Waals surface area contributed by atoms with Gasteiger partial charge in [-0.05, 0) is 42.3 Å². The Morgan fingerprint density at radius 3 is 1.95 bits per heavy atom. The van der Waals surface area contributed by atoms with E-state index < -0.39 is 0 Å². The van der Waals surface area contributed by atoms with Crippen LogP contribution in [-0.2, 0) is 0 Å². The van der Waals surface area contributed by atoms with E-state index in [1.807, 2.05) is 55.5 Å². The van der Waals surface area contributed by atoms with Crippen LogP contribution in [0.1, 0.15) is 16.7 Å². The highest BCUT2D eigenvalue weighted by molar-refractivity contribution is 5.72. The summed E-state index contributed by atoms with van der Waals surface area (Å²) < 4.78 is 16.0. The maximum absolute atomic E-state index is 5.38. The van der Waals surface area contributed by atoms with Gasteiger partial charge in [0.1, 0.15) is 17.2 Å². The van der Waals surface area contributed by atoms with E-state index in [1.165, 1.54) is 0 Å². The van der Waals surface area contributed by atoms with Crippen LogP contribution in [0.25, 0.3) is 12.2 Å². The highest BCUT2D eigenvalue weighted by Gasteiger charge is 2.06. The van der Waals surface area contributed by atoms with Gasteiger partial charge in [0, 0.05) is 5.56 Å². The van der Waals surface area contributed by atoms with E-state index in [4.69, 9.17) is 14.2 Å². The smallest absolute Gasteiger partial charge is 0.126 e. The minimum absolute atomic E-state index is 0.819. The molecule has 0 unspecified atom stereocenters. The predicted molar refractivity (Wildman–Crippen MR) is 86.2 cm³/mol. The molecular formula is C18H20O3. The molecule has 0 saturated carbocycles. The predicted octanol–water partition coefficient (Wildman–Crippen LogP) is 4.19. The van der Waals surface area contributed by atoms with Gasteiger partial charge in [0.25, 0.3) is 0 Å². The van der Waals surface area contributed by atoms with Crippen molar-refractivity contribution in [3.05, 3.63) is 53.1 Å². The number of hydrogen-bond donors (Lipinski definition) is 0. The van der Waals surface area contributed by atoms with Crippen molar-refractivity contribution in [3.8, 4) is 17.2 Å². The first-order chi connectivity index (χ1) is 10.2. The summed E-state index contributed by atoms with van der Waals surface area (Å²) >= 11 is 0. The molecule has 0 bridgehead atoms. The van der Waals surface area contributed by atoms with Crippen molar-refractivity contribution in [1.29, 1.82) is 0 Å². The molecule has 0 aliphatic carbocycles. The van der Waals surface area contributed by atoms with Crippen LogP contribution in [0.5, 0.6) is 17.2 Å². The Labute approximate surface area is 125 Å². The van der Waals surface area contributed by atoms with Crippen molar-refractivity contribution in [2.45, 2.75) is 6.92 Å². The summed E-state index contributed by atoms with van der Waals surface area (Å²) in [5.41, 5.74) is 3.10. The van der Waals surface area contributed by atoms with Crippen molar-refractivity contribution < 1.29 is 14.2 Å². The Morgan fingerprint density at radius 2 is 1.38 bits per heavy atom. The lowest BCUT2D eigenvalue weighted by molar-refractivity contribution is 0.388. The van der Waals surface area contributed by atoms with E-state index >= 15 is 0 Å². The Bertz CT molecular complexity index is 620. The van der Waals surface area contributed by atoms with Crippen molar-refractivity contribution >= 4 is 12.2 Å². The lowest BCUT2D eigenvalue weighted by Gasteiger charge is -2.11. The fraction of sp³-hybridized carbons (Fsp3) is 0.222. The standard InChI is InChI=1S/C18H20O3/c1-13-17(20-3)11-15(12-18(13)21-4)9-8-14-6-5-7-16(10-14)19-2/h5-12H,1-4H3/b9-8-. The fourth-order valence-corrected chi connectivity index (χ4v) is 2.14. The van der Waals surface area contributed by atoms with E-state index in [1.54, 1.807) is 21.3 Å². The molecule has 0 atom stereocenters. The largest absolute Gasteiger partial charge is 0.497 e. The fourth-order valence-electron chi connectivity index (χ4n) is 2.14. The first-order valence-corrected chi connectivity index (χ1v) is 6.72. The summed E-state index contributed by atoms with van der Waals surface area (Å²) in [6, 6.07) is 11.9. The number of hydrogen-bond acceptors (Lipinski definition) is 3. The zero-order valence-corrected chi connectivity index (χ0v) is 12.8. The minimum atomic E-state index is 0.819. The third-order valence-corrected chi connectivity index (χ3v) is 3.34. The van der Waals surface area contributed by atoms with Gasteiger partial charge in [-0.1, -0.05) is 24.3 Å². The summed E-state index contributed by atoms with van der Waals surface area (Å²) in [6.45, 7) is 1.98.